The number of nitrogens with zero attached hydrogens (tertiary/aromatic N) is 1. The quantitative estimate of drug-likeness (QED) is 0.873. The fraction of sp³-hybridized carbons (Fsp3) is 0.588. The van der Waals surface area contributed by atoms with Crippen molar-refractivity contribution in [3.05, 3.63) is 29.8 Å². The Bertz CT molecular complexity index is 493. The Kier molecular flexibility index (Phi) is 4.44. The van der Waals surface area contributed by atoms with Gasteiger partial charge in [0.2, 0.25) is 0 Å². The van der Waals surface area contributed by atoms with Crippen molar-refractivity contribution in [3.63, 3.8) is 0 Å². The number of likely N-dealkylation sites (tertiary alicyclic amines) is 1. The lowest BCUT2D eigenvalue weighted by Crippen LogP contribution is -2.38. The SMILES string of the molecule is CC(Oc1cccc(CNC2CC2)c1)C(=O)N1CCCC1. The number of hydrogen-bond acceptors (Lipinski definition) is 3. The van der Waals surface area contributed by atoms with Gasteiger partial charge in [0.25, 0.3) is 5.91 Å². The molecule has 0 radical (unpaired) electrons. The molecule has 1 aromatic carbocycles. The van der Waals surface area contributed by atoms with Gasteiger partial charge in [0, 0.05) is 25.7 Å². The summed E-state index contributed by atoms with van der Waals surface area (Å²) in [4.78, 5) is 14.2. The molecule has 0 aromatic heterocycles. The Balaban J connectivity index is 1.55. The van der Waals surface area contributed by atoms with Gasteiger partial charge in [-0.1, -0.05) is 12.1 Å². The van der Waals surface area contributed by atoms with Crippen molar-refractivity contribution < 1.29 is 9.53 Å². The summed E-state index contributed by atoms with van der Waals surface area (Å²) in [5.74, 6) is 0.888. The number of hydrogen-bond donors (Lipinski definition) is 1. The minimum atomic E-state index is -0.408. The van der Waals surface area contributed by atoms with Gasteiger partial charge in [-0.05, 0) is 50.3 Å². The molecule has 1 unspecified atom stereocenters. The van der Waals surface area contributed by atoms with Gasteiger partial charge in [0.05, 0.1) is 0 Å². The molecule has 1 aromatic rings. The standard InChI is InChI=1S/C17H24N2O2/c1-13(17(20)19-9-2-3-10-19)21-16-6-4-5-14(11-16)12-18-15-7-8-15/h4-6,11,13,15,18H,2-3,7-10,12H2,1H3. The first kappa shape index (κ1) is 14.4. The number of amides is 1. The zero-order valence-corrected chi connectivity index (χ0v) is 12.7. The molecular formula is C17H24N2O2. The molecule has 2 fully saturated rings. The van der Waals surface area contributed by atoms with Gasteiger partial charge >= 0.3 is 0 Å². The summed E-state index contributed by atoms with van der Waals surface area (Å²) in [6.07, 6.45) is 4.39. The minimum absolute atomic E-state index is 0.106. The lowest BCUT2D eigenvalue weighted by Gasteiger charge is -2.21. The molecule has 0 bridgehead atoms. The van der Waals surface area contributed by atoms with Crippen LogP contribution >= 0.6 is 0 Å². The summed E-state index contributed by atoms with van der Waals surface area (Å²) in [5.41, 5.74) is 1.21. The van der Waals surface area contributed by atoms with E-state index in [1.54, 1.807) is 0 Å². The van der Waals surface area contributed by atoms with Gasteiger partial charge < -0.3 is 15.0 Å². The van der Waals surface area contributed by atoms with Crippen LogP contribution in [0.3, 0.4) is 0 Å². The van der Waals surface area contributed by atoms with Crippen LogP contribution in [0.4, 0.5) is 0 Å². The summed E-state index contributed by atoms with van der Waals surface area (Å²) in [6, 6.07) is 8.74. The summed E-state index contributed by atoms with van der Waals surface area (Å²) >= 11 is 0. The maximum atomic E-state index is 12.2. The largest absolute Gasteiger partial charge is 0.481 e. The van der Waals surface area contributed by atoms with E-state index in [1.807, 2.05) is 30.0 Å². The molecule has 1 atom stereocenters. The van der Waals surface area contributed by atoms with E-state index in [2.05, 4.69) is 11.4 Å². The summed E-state index contributed by atoms with van der Waals surface area (Å²) < 4.78 is 5.83. The summed E-state index contributed by atoms with van der Waals surface area (Å²) in [6.45, 7) is 4.46. The average molecular weight is 288 g/mol. The van der Waals surface area contributed by atoms with E-state index in [0.29, 0.717) is 6.04 Å². The van der Waals surface area contributed by atoms with Crippen LogP contribution in [0, 0.1) is 0 Å². The second kappa shape index (κ2) is 6.48. The molecule has 1 saturated heterocycles. The van der Waals surface area contributed by atoms with Crippen LogP contribution in [0.25, 0.3) is 0 Å². The third kappa shape index (κ3) is 3.97. The van der Waals surface area contributed by atoms with Crippen molar-refractivity contribution in [2.24, 2.45) is 0 Å². The van der Waals surface area contributed by atoms with Crippen LogP contribution in [0.5, 0.6) is 5.75 Å². The predicted octanol–water partition coefficient (Wildman–Crippen LogP) is 2.33. The first-order valence-electron chi connectivity index (χ1n) is 8.00. The fourth-order valence-electron chi connectivity index (χ4n) is 2.73. The number of ether oxygens (including phenoxy) is 1. The van der Waals surface area contributed by atoms with Crippen LogP contribution in [-0.4, -0.2) is 36.0 Å². The first-order chi connectivity index (χ1) is 10.2. The molecule has 4 heteroatoms. The monoisotopic (exact) mass is 288 g/mol. The smallest absolute Gasteiger partial charge is 0.263 e. The third-order valence-electron chi connectivity index (χ3n) is 4.15. The van der Waals surface area contributed by atoms with Gasteiger partial charge in [0.1, 0.15) is 5.75 Å². The zero-order valence-electron chi connectivity index (χ0n) is 12.7. The van der Waals surface area contributed by atoms with Gasteiger partial charge in [-0.15, -0.1) is 0 Å². The molecule has 4 nitrogen and oxygen atoms in total. The lowest BCUT2D eigenvalue weighted by atomic mass is 10.2. The molecule has 0 spiro atoms. The summed E-state index contributed by atoms with van der Waals surface area (Å²) in [5, 5.41) is 3.49. The van der Waals surface area contributed by atoms with E-state index in [0.717, 1.165) is 38.2 Å². The molecular weight excluding hydrogens is 264 g/mol. The highest BCUT2D eigenvalue weighted by Crippen LogP contribution is 2.21. The van der Waals surface area contributed by atoms with Crippen molar-refractivity contribution in [1.82, 2.24) is 10.2 Å². The Morgan fingerprint density at radius 3 is 2.86 bits per heavy atom. The number of carbonyl (C=O) groups is 1. The van der Waals surface area contributed by atoms with E-state index in [9.17, 15) is 4.79 Å². The molecule has 2 aliphatic rings. The Labute approximate surface area is 126 Å². The zero-order chi connectivity index (χ0) is 14.7. The van der Waals surface area contributed by atoms with Crippen LogP contribution < -0.4 is 10.1 Å². The first-order valence-corrected chi connectivity index (χ1v) is 8.00. The van der Waals surface area contributed by atoms with E-state index in [1.165, 1.54) is 18.4 Å². The molecule has 1 aliphatic carbocycles. The second-order valence-electron chi connectivity index (χ2n) is 6.10. The maximum Gasteiger partial charge on any atom is 0.263 e. The van der Waals surface area contributed by atoms with Crippen LogP contribution in [0.1, 0.15) is 38.2 Å². The van der Waals surface area contributed by atoms with Crippen molar-refractivity contribution in [2.45, 2.75) is 51.3 Å². The van der Waals surface area contributed by atoms with Crippen LogP contribution in [0.15, 0.2) is 24.3 Å². The second-order valence-corrected chi connectivity index (χ2v) is 6.10. The van der Waals surface area contributed by atoms with E-state index < -0.39 is 6.10 Å². The van der Waals surface area contributed by atoms with E-state index >= 15 is 0 Å². The third-order valence-corrected chi connectivity index (χ3v) is 4.15. The Hall–Kier alpha value is -1.55. The Morgan fingerprint density at radius 2 is 2.14 bits per heavy atom. The highest BCUT2D eigenvalue weighted by atomic mass is 16.5. The average Bonchev–Trinajstić information content (AvgIpc) is 3.16. The maximum absolute atomic E-state index is 12.2. The Morgan fingerprint density at radius 1 is 1.38 bits per heavy atom. The molecule has 1 amide bonds. The lowest BCUT2D eigenvalue weighted by molar-refractivity contribution is -0.136. The highest BCUT2D eigenvalue weighted by molar-refractivity contribution is 5.81. The van der Waals surface area contributed by atoms with Crippen molar-refractivity contribution in [1.29, 1.82) is 0 Å². The van der Waals surface area contributed by atoms with E-state index in [4.69, 9.17) is 4.74 Å². The van der Waals surface area contributed by atoms with Crippen molar-refractivity contribution >= 4 is 5.91 Å². The molecule has 114 valence electrons. The predicted molar refractivity (Wildman–Crippen MR) is 82.2 cm³/mol. The molecule has 1 N–H and O–H groups in total. The van der Waals surface area contributed by atoms with Crippen molar-refractivity contribution in [3.8, 4) is 5.75 Å². The summed E-state index contributed by atoms with van der Waals surface area (Å²) in [7, 11) is 0. The number of carbonyl (C=O) groups excluding carboxylic acids is 1. The normalized spacial score (nSPS) is 19.6. The molecule has 1 heterocycles. The molecule has 1 saturated carbocycles. The van der Waals surface area contributed by atoms with Crippen LogP contribution in [-0.2, 0) is 11.3 Å². The molecule has 1 aliphatic heterocycles. The van der Waals surface area contributed by atoms with Crippen LogP contribution in [0.2, 0.25) is 0 Å². The molecule has 3 rings (SSSR count). The van der Waals surface area contributed by atoms with Crippen molar-refractivity contribution in [2.75, 3.05) is 13.1 Å². The topological polar surface area (TPSA) is 41.6 Å². The van der Waals surface area contributed by atoms with Gasteiger partial charge in [-0.3, -0.25) is 4.79 Å². The highest BCUT2D eigenvalue weighted by Gasteiger charge is 2.24. The van der Waals surface area contributed by atoms with Gasteiger partial charge in [-0.2, -0.15) is 0 Å². The number of benzene rings is 1. The van der Waals surface area contributed by atoms with Gasteiger partial charge in [-0.25, -0.2) is 0 Å². The number of nitrogens with one attached hydrogen (secondary N) is 1. The fourth-order valence-corrected chi connectivity index (χ4v) is 2.73. The van der Waals surface area contributed by atoms with E-state index in [-0.39, 0.29) is 5.91 Å². The molecule has 21 heavy (non-hydrogen) atoms. The minimum Gasteiger partial charge on any atom is -0.481 e. The van der Waals surface area contributed by atoms with Gasteiger partial charge in [0.15, 0.2) is 6.10 Å². The number of rotatable bonds is 6.